The molecular weight excluding hydrogens is 294 g/mol. The number of ether oxygens (including phenoxy) is 1. The van der Waals surface area contributed by atoms with Crippen molar-refractivity contribution in [2.75, 3.05) is 6.54 Å². The summed E-state index contributed by atoms with van der Waals surface area (Å²) in [4.78, 5) is 11.6. The maximum absolute atomic E-state index is 11.6. The number of hydrogen-bond acceptors (Lipinski definition) is 5. The standard InChI is InChI=1S/C17H21N3O3/c1-10-12(4-5-13-14(10)9-23-16(13)22)15(21)8-18-17(2,3)11-6-19-20-7-11/h4-7,15,18,21H,8-9H2,1-3H3,(H,19,20)/t15-/m0/s1. The SMILES string of the molecule is Cc1c([C@@H](O)CNC(C)(C)c2cn[nH]c2)ccc2c1COC2=O. The van der Waals surface area contributed by atoms with Crippen molar-refractivity contribution < 1.29 is 14.6 Å². The highest BCUT2D eigenvalue weighted by Crippen LogP contribution is 2.29. The molecule has 0 aliphatic carbocycles. The Hall–Kier alpha value is -2.18. The molecule has 2 aromatic rings. The van der Waals surface area contributed by atoms with Crippen LogP contribution in [0.5, 0.6) is 0 Å². The molecule has 0 saturated carbocycles. The first kappa shape index (κ1) is 15.7. The van der Waals surface area contributed by atoms with Crippen LogP contribution in [0.4, 0.5) is 0 Å². The van der Waals surface area contributed by atoms with Gasteiger partial charge in [-0.25, -0.2) is 4.79 Å². The molecule has 3 N–H and O–H groups in total. The van der Waals surface area contributed by atoms with E-state index in [2.05, 4.69) is 15.5 Å². The number of aromatic nitrogens is 2. The molecule has 3 rings (SSSR count). The van der Waals surface area contributed by atoms with E-state index in [1.807, 2.05) is 27.0 Å². The highest BCUT2D eigenvalue weighted by atomic mass is 16.5. The van der Waals surface area contributed by atoms with E-state index in [4.69, 9.17) is 4.74 Å². The maximum atomic E-state index is 11.6. The van der Waals surface area contributed by atoms with Gasteiger partial charge in [-0.05, 0) is 38.0 Å². The van der Waals surface area contributed by atoms with Gasteiger partial charge in [0.05, 0.1) is 17.9 Å². The van der Waals surface area contributed by atoms with Crippen LogP contribution in [0.25, 0.3) is 0 Å². The smallest absolute Gasteiger partial charge is 0.338 e. The van der Waals surface area contributed by atoms with E-state index in [1.165, 1.54) is 0 Å². The van der Waals surface area contributed by atoms with Gasteiger partial charge in [-0.1, -0.05) is 6.07 Å². The summed E-state index contributed by atoms with van der Waals surface area (Å²) < 4.78 is 5.06. The Morgan fingerprint density at radius 1 is 1.48 bits per heavy atom. The number of carbonyl (C=O) groups excluding carboxylic acids is 1. The third-order valence-electron chi connectivity index (χ3n) is 4.52. The number of aliphatic hydroxyl groups excluding tert-OH is 1. The van der Waals surface area contributed by atoms with E-state index < -0.39 is 6.10 Å². The lowest BCUT2D eigenvalue weighted by atomic mass is 9.94. The summed E-state index contributed by atoms with van der Waals surface area (Å²) in [5.74, 6) is -0.289. The van der Waals surface area contributed by atoms with Crippen molar-refractivity contribution in [2.45, 2.75) is 39.0 Å². The van der Waals surface area contributed by atoms with Crippen LogP contribution in [-0.2, 0) is 16.9 Å². The van der Waals surface area contributed by atoms with Crippen molar-refractivity contribution in [3.8, 4) is 0 Å². The molecule has 6 heteroatoms. The third-order valence-corrected chi connectivity index (χ3v) is 4.52. The lowest BCUT2D eigenvalue weighted by Gasteiger charge is -2.27. The van der Waals surface area contributed by atoms with Gasteiger partial charge in [0.15, 0.2) is 0 Å². The molecule has 0 saturated heterocycles. The predicted octanol–water partition coefficient (Wildman–Crippen LogP) is 1.95. The summed E-state index contributed by atoms with van der Waals surface area (Å²) >= 11 is 0. The normalized spacial score (nSPS) is 15.4. The summed E-state index contributed by atoms with van der Waals surface area (Å²) in [7, 11) is 0. The Balaban J connectivity index is 1.74. The molecule has 6 nitrogen and oxygen atoms in total. The van der Waals surface area contributed by atoms with Gasteiger partial charge in [0.1, 0.15) is 6.61 Å². The second kappa shape index (κ2) is 5.79. The quantitative estimate of drug-likeness (QED) is 0.734. The number of esters is 1. The number of carbonyl (C=O) groups is 1. The first-order chi connectivity index (χ1) is 10.9. The minimum absolute atomic E-state index is 0.286. The van der Waals surface area contributed by atoms with Crippen molar-refractivity contribution in [2.24, 2.45) is 0 Å². The number of fused-ring (bicyclic) bond motifs is 1. The molecule has 0 bridgehead atoms. The first-order valence-corrected chi connectivity index (χ1v) is 7.62. The van der Waals surface area contributed by atoms with E-state index in [9.17, 15) is 9.90 Å². The summed E-state index contributed by atoms with van der Waals surface area (Å²) in [6.07, 6.45) is 2.94. The molecule has 0 radical (unpaired) electrons. The van der Waals surface area contributed by atoms with Crippen LogP contribution in [0.2, 0.25) is 0 Å². The van der Waals surface area contributed by atoms with Gasteiger partial charge in [-0.2, -0.15) is 5.10 Å². The molecule has 1 aromatic heterocycles. The number of cyclic esters (lactones) is 1. The number of H-pyrrole nitrogens is 1. The summed E-state index contributed by atoms with van der Waals surface area (Å²) in [6.45, 7) is 6.67. The number of nitrogens with zero attached hydrogens (tertiary/aromatic N) is 1. The van der Waals surface area contributed by atoms with Gasteiger partial charge in [-0.15, -0.1) is 0 Å². The van der Waals surface area contributed by atoms with Gasteiger partial charge >= 0.3 is 5.97 Å². The molecule has 23 heavy (non-hydrogen) atoms. The summed E-state index contributed by atoms with van der Waals surface area (Å²) in [5.41, 5.74) is 3.93. The van der Waals surface area contributed by atoms with Crippen LogP contribution in [0, 0.1) is 6.92 Å². The Morgan fingerprint density at radius 3 is 2.96 bits per heavy atom. The zero-order chi connectivity index (χ0) is 16.6. The lowest BCUT2D eigenvalue weighted by molar-refractivity contribution is 0.0535. The fraction of sp³-hybridized carbons (Fsp3) is 0.412. The molecule has 1 atom stereocenters. The maximum Gasteiger partial charge on any atom is 0.338 e. The van der Waals surface area contributed by atoms with E-state index in [0.717, 1.165) is 22.3 Å². The van der Waals surface area contributed by atoms with Crippen LogP contribution in [0.3, 0.4) is 0 Å². The summed E-state index contributed by atoms with van der Waals surface area (Å²) in [5, 5.41) is 20.7. The van der Waals surface area contributed by atoms with Crippen molar-refractivity contribution in [1.82, 2.24) is 15.5 Å². The predicted molar refractivity (Wildman–Crippen MR) is 84.9 cm³/mol. The van der Waals surface area contributed by atoms with Crippen LogP contribution in [0.15, 0.2) is 24.5 Å². The lowest BCUT2D eigenvalue weighted by Crippen LogP contribution is -2.39. The van der Waals surface area contributed by atoms with E-state index in [1.54, 1.807) is 18.3 Å². The number of hydrogen-bond donors (Lipinski definition) is 3. The van der Waals surface area contributed by atoms with Gasteiger partial charge < -0.3 is 15.2 Å². The van der Waals surface area contributed by atoms with Gasteiger partial charge in [0, 0.05) is 29.4 Å². The van der Waals surface area contributed by atoms with Crippen LogP contribution in [-0.4, -0.2) is 27.8 Å². The first-order valence-electron chi connectivity index (χ1n) is 7.62. The Bertz CT molecular complexity index is 723. The van der Waals surface area contributed by atoms with Gasteiger partial charge in [0.25, 0.3) is 0 Å². The molecular formula is C17H21N3O3. The Morgan fingerprint density at radius 2 is 2.26 bits per heavy atom. The molecule has 0 unspecified atom stereocenters. The molecule has 2 heterocycles. The largest absolute Gasteiger partial charge is 0.457 e. The molecule has 1 aromatic carbocycles. The number of aliphatic hydroxyl groups is 1. The second-order valence-corrected chi connectivity index (χ2v) is 6.39. The molecule has 0 amide bonds. The highest BCUT2D eigenvalue weighted by Gasteiger charge is 2.27. The number of rotatable bonds is 5. The van der Waals surface area contributed by atoms with Crippen molar-refractivity contribution in [3.63, 3.8) is 0 Å². The van der Waals surface area contributed by atoms with Crippen molar-refractivity contribution in [3.05, 3.63) is 52.3 Å². The van der Waals surface area contributed by atoms with Crippen LogP contribution in [0.1, 0.15) is 52.6 Å². The Kier molecular flexibility index (Phi) is 3.95. The third kappa shape index (κ3) is 2.87. The van der Waals surface area contributed by atoms with Gasteiger partial charge in [0.2, 0.25) is 0 Å². The van der Waals surface area contributed by atoms with E-state index in [-0.39, 0.29) is 18.1 Å². The second-order valence-electron chi connectivity index (χ2n) is 6.39. The van der Waals surface area contributed by atoms with E-state index in [0.29, 0.717) is 12.1 Å². The van der Waals surface area contributed by atoms with Crippen LogP contribution >= 0.6 is 0 Å². The zero-order valence-electron chi connectivity index (χ0n) is 13.5. The van der Waals surface area contributed by atoms with Crippen LogP contribution < -0.4 is 5.32 Å². The number of aromatic amines is 1. The molecule has 1 aliphatic rings. The zero-order valence-corrected chi connectivity index (χ0v) is 13.5. The van der Waals surface area contributed by atoms with Gasteiger partial charge in [-0.3, -0.25) is 5.10 Å². The van der Waals surface area contributed by atoms with Crippen molar-refractivity contribution >= 4 is 5.97 Å². The molecule has 0 fully saturated rings. The number of nitrogens with one attached hydrogen (secondary N) is 2. The fourth-order valence-electron chi connectivity index (χ4n) is 2.89. The highest BCUT2D eigenvalue weighted by molar-refractivity contribution is 5.93. The monoisotopic (exact) mass is 315 g/mol. The number of benzene rings is 1. The molecule has 0 spiro atoms. The minimum Gasteiger partial charge on any atom is -0.457 e. The average Bonchev–Trinajstić information content (AvgIpc) is 3.16. The van der Waals surface area contributed by atoms with Crippen molar-refractivity contribution in [1.29, 1.82) is 0 Å². The Labute approximate surface area is 134 Å². The topological polar surface area (TPSA) is 87.2 Å². The fourth-order valence-corrected chi connectivity index (χ4v) is 2.89. The van der Waals surface area contributed by atoms with E-state index >= 15 is 0 Å². The minimum atomic E-state index is -0.665. The average molecular weight is 315 g/mol. The molecule has 122 valence electrons. The summed E-state index contributed by atoms with van der Waals surface area (Å²) in [6, 6.07) is 3.54. The molecule has 1 aliphatic heterocycles.